The predicted molar refractivity (Wildman–Crippen MR) is 81.4 cm³/mol. The van der Waals surface area contributed by atoms with Gasteiger partial charge in [0.05, 0.1) is 11.4 Å². The van der Waals surface area contributed by atoms with Gasteiger partial charge in [0, 0.05) is 13.1 Å². The van der Waals surface area contributed by atoms with Crippen molar-refractivity contribution in [2.75, 3.05) is 11.1 Å². The molecule has 0 amide bonds. The van der Waals surface area contributed by atoms with E-state index >= 15 is 0 Å². The summed E-state index contributed by atoms with van der Waals surface area (Å²) in [7, 11) is 1.98. The van der Waals surface area contributed by atoms with E-state index in [0.717, 1.165) is 23.1 Å². The normalized spacial score (nSPS) is 23.8. The molecule has 4 heteroatoms. The largest absolute Gasteiger partial charge is 0.394 e. The maximum absolute atomic E-state index is 6.24. The standard InChI is InChI=1S/C15H28N4/c1-5-11-7-6-8-12(9-11)17-15-13(16)14(10(2)3)18-19(15)4/h10-12,17H,5-9,16H2,1-4H3. The zero-order valence-corrected chi connectivity index (χ0v) is 12.7. The first-order valence-electron chi connectivity index (χ1n) is 7.61. The summed E-state index contributed by atoms with van der Waals surface area (Å²) in [4.78, 5) is 0. The minimum atomic E-state index is 0.372. The fourth-order valence-electron chi connectivity index (χ4n) is 3.14. The Bertz CT molecular complexity index is 422. The summed E-state index contributed by atoms with van der Waals surface area (Å²) in [5.41, 5.74) is 8.08. The van der Waals surface area contributed by atoms with Crippen molar-refractivity contribution in [3.05, 3.63) is 5.69 Å². The fraction of sp³-hybridized carbons (Fsp3) is 0.800. The summed E-state index contributed by atoms with van der Waals surface area (Å²) in [5.74, 6) is 2.24. The highest BCUT2D eigenvalue weighted by Gasteiger charge is 2.23. The van der Waals surface area contributed by atoms with Crippen LogP contribution in [0.1, 0.15) is 64.5 Å². The monoisotopic (exact) mass is 264 g/mol. The Kier molecular flexibility index (Phi) is 4.38. The van der Waals surface area contributed by atoms with Gasteiger partial charge in [-0.25, -0.2) is 0 Å². The van der Waals surface area contributed by atoms with E-state index in [1.165, 1.54) is 32.1 Å². The van der Waals surface area contributed by atoms with Gasteiger partial charge in [0.25, 0.3) is 0 Å². The quantitative estimate of drug-likeness (QED) is 0.875. The van der Waals surface area contributed by atoms with Crippen LogP contribution in [0.25, 0.3) is 0 Å². The molecule has 1 aliphatic carbocycles. The molecular weight excluding hydrogens is 236 g/mol. The first-order valence-corrected chi connectivity index (χ1v) is 7.61. The van der Waals surface area contributed by atoms with Crippen molar-refractivity contribution in [1.29, 1.82) is 0 Å². The van der Waals surface area contributed by atoms with Crippen molar-refractivity contribution < 1.29 is 0 Å². The van der Waals surface area contributed by atoms with E-state index < -0.39 is 0 Å². The highest BCUT2D eigenvalue weighted by Crippen LogP contribution is 2.32. The SMILES string of the molecule is CCC1CCCC(Nc2c(N)c(C(C)C)nn2C)C1. The summed E-state index contributed by atoms with van der Waals surface area (Å²) < 4.78 is 1.90. The first-order chi connectivity index (χ1) is 9.02. The molecule has 0 aliphatic heterocycles. The van der Waals surface area contributed by atoms with Crippen LogP contribution in [0.3, 0.4) is 0 Å². The third kappa shape index (κ3) is 3.04. The van der Waals surface area contributed by atoms with E-state index in [2.05, 4.69) is 31.2 Å². The summed E-state index contributed by atoms with van der Waals surface area (Å²) in [6.45, 7) is 6.56. The fourth-order valence-corrected chi connectivity index (χ4v) is 3.14. The molecule has 19 heavy (non-hydrogen) atoms. The number of nitrogen functional groups attached to an aromatic ring is 1. The van der Waals surface area contributed by atoms with E-state index in [1.807, 2.05) is 11.7 Å². The predicted octanol–water partition coefficient (Wildman–Crippen LogP) is 3.51. The molecule has 108 valence electrons. The molecule has 0 aromatic carbocycles. The average Bonchev–Trinajstić information content (AvgIpc) is 2.67. The topological polar surface area (TPSA) is 55.9 Å². The van der Waals surface area contributed by atoms with Crippen LogP contribution in [0.15, 0.2) is 0 Å². The van der Waals surface area contributed by atoms with Gasteiger partial charge < -0.3 is 11.1 Å². The molecule has 1 saturated carbocycles. The molecule has 3 N–H and O–H groups in total. The Morgan fingerprint density at radius 3 is 2.74 bits per heavy atom. The number of rotatable bonds is 4. The van der Waals surface area contributed by atoms with E-state index in [-0.39, 0.29) is 0 Å². The zero-order valence-electron chi connectivity index (χ0n) is 12.7. The minimum absolute atomic E-state index is 0.372. The van der Waals surface area contributed by atoms with Crippen molar-refractivity contribution >= 4 is 11.5 Å². The van der Waals surface area contributed by atoms with Gasteiger partial charge in [-0.3, -0.25) is 4.68 Å². The van der Waals surface area contributed by atoms with Crippen molar-refractivity contribution in [1.82, 2.24) is 9.78 Å². The molecule has 2 atom stereocenters. The smallest absolute Gasteiger partial charge is 0.148 e. The number of anilines is 2. The van der Waals surface area contributed by atoms with Crippen LogP contribution < -0.4 is 11.1 Å². The van der Waals surface area contributed by atoms with Gasteiger partial charge in [-0.2, -0.15) is 5.10 Å². The Hall–Kier alpha value is -1.19. The molecule has 1 fully saturated rings. The number of nitrogens with two attached hydrogens (primary N) is 1. The molecule has 0 radical (unpaired) electrons. The molecule has 1 heterocycles. The van der Waals surface area contributed by atoms with Gasteiger partial charge in [0.2, 0.25) is 0 Å². The molecule has 1 aromatic rings. The lowest BCUT2D eigenvalue weighted by molar-refractivity contribution is 0.326. The summed E-state index contributed by atoms with van der Waals surface area (Å²) >= 11 is 0. The Morgan fingerprint density at radius 2 is 2.16 bits per heavy atom. The minimum Gasteiger partial charge on any atom is -0.394 e. The Balaban J connectivity index is 2.10. The lowest BCUT2D eigenvalue weighted by Crippen LogP contribution is -2.28. The third-order valence-corrected chi connectivity index (χ3v) is 4.36. The second-order valence-corrected chi connectivity index (χ2v) is 6.21. The third-order valence-electron chi connectivity index (χ3n) is 4.36. The molecule has 4 nitrogen and oxygen atoms in total. The first kappa shape index (κ1) is 14.2. The van der Waals surface area contributed by atoms with Crippen LogP contribution >= 0.6 is 0 Å². The van der Waals surface area contributed by atoms with E-state index in [0.29, 0.717) is 12.0 Å². The zero-order chi connectivity index (χ0) is 14.0. The van der Waals surface area contributed by atoms with Crippen LogP contribution in [0.2, 0.25) is 0 Å². The molecule has 2 rings (SSSR count). The number of nitrogens with zero attached hydrogens (tertiary/aromatic N) is 2. The molecular formula is C15H28N4. The molecule has 0 saturated heterocycles. The van der Waals surface area contributed by atoms with Gasteiger partial charge >= 0.3 is 0 Å². The van der Waals surface area contributed by atoms with E-state index in [1.54, 1.807) is 0 Å². The highest BCUT2D eigenvalue weighted by molar-refractivity contribution is 5.66. The van der Waals surface area contributed by atoms with E-state index in [9.17, 15) is 0 Å². The molecule has 0 bridgehead atoms. The van der Waals surface area contributed by atoms with Crippen LogP contribution in [0, 0.1) is 5.92 Å². The maximum Gasteiger partial charge on any atom is 0.148 e. The van der Waals surface area contributed by atoms with Crippen molar-refractivity contribution in [3.8, 4) is 0 Å². The second kappa shape index (κ2) is 5.85. The van der Waals surface area contributed by atoms with E-state index in [4.69, 9.17) is 5.73 Å². The van der Waals surface area contributed by atoms with Gasteiger partial charge in [-0.15, -0.1) is 0 Å². The lowest BCUT2D eigenvalue weighted by atomic mass is 9.84. The van der Waals surface area contributed by atoms with Gasteiger partial charge in [-0.05, 0) is 24.7 Å². The number of aryl methyl sites for hydroxylation is 1. The molecule has 2 unspecified atom stereocenters. The van der Waals surface area contributed by atoms with Crippen molar-refractivity contribution in [3.63, 3.8) is 0 Å². The van der Waals surface area contributed by atoms with Crippen molar-refractivity contribution in [2.24, 2.45) is 13.0 Å². The van der Waals surface area contributed by atoms with Crippen LogP contribution in [0.4, 0.5) is 11.5 Å². The van der Waals surface area contributed by atoms with Crippen LogP contribution in [-0.4, -0.2) is 15.8 Å². The highest BCUT2D eigenvalue weighted by atomic mass is 15.3. The van der Waals surface area contributed by atoms with Gasteiger partial charge in [-0.1, -0.05) is 40.0 Å². The molecule has 0 spiro atoms. The number of hydrogen-bond acceptors (Lipinski definition) is 3. The van der Waals surface area contributed by atoms with Crippen LogP contribution in [0.5, 0.6) is 0 Å². The number of aromatic nitrogens is 2. The summed E-state index contributed by atoms with van der Waals surface area (Å²) in [6.07, 6.45) is 6.50. The average molecular weight is 264 g/mol. The van der Waals surface area contributed by atoms with Crippen molar-refractivity contribution in [2.45, 2.75) is 64.8 Å². The second-order valence-electron chi connectivity index (χ2n) is 6.21. The Morgan fingerprint density at radius 1 is 1.42 bits per heavy atom. The maximum atomic E-state index is 6.24. The summed E-state index contributed by atoms with van der Waals surface area (Å²) in [6, 6.07) is 0.552. The van der Waals surface area contributed by atoms with Gasteiger partial charge in [0.15, 0.2) is 0 Å². The lowest BCUT2D eigenvalue weighted by Gasteiger charge is -2.29. The van der Waals surface area contributed by atoms with Crippen LogP contribution in [-0.2, 0) is 7.05 Å². The molecule has 1 aromatic heterocycles. The summed E-state index contributed by atoms with van der Waals surface area (Å²) in [5, 5.41) is 8.18. The number of hydrogen-bond donors (Lipinski definition) is 2. The number of nitrogens with one attached hydrogen (secondary N) is 1. The Labute approximate surface area is 116 Å². The molecule has 1 aliphatic rings. The van der Waals surface area contributed by atoms with Gasteiger partial charge in [0.1, 0.15) is 5.82 Å².